The van der Waals surface area contributed by atoms with Crippen molar-refractivity contribution in [1.29, 1.82) is 0 Å². The van der Waals surface area contributed by atoms with Crippen molar-refractivity contribution in [3.8, 4) is 0 Å². The molecule has 10 heavy (non-hydrogen) atoms. The Bertz CT molecular complexity index is 99.8. The van der Waals surface area contributed by atoms with Gasteiger partial charge in [0.25, 0.3) is 0 Å². The summed E-state index contributed by atoms with van der Waals surface area (Å²) in [5, 5.41) is 2.86. The van der Waals surface area contributed by atoms with Gasteiger partial charge in [0, 0.05) is 0 Å². The Kier molecular flexibility index (Phi) is 2.94. The first kappa shape index (κ1) is 9.53. The van der Waals surface area contributed by atoms with E-state index < -0.39 is 23.2 Å². The molecule has 0 radical (unpaired) electrons. The predicted molar refractivity (Wildman–Crippen MR) is 19.0 cm³/mol. The third kappa shape index (κ3) is 1.52. The average Bonchev–Trinajstić information content (AvgIpc) is 1.85. The van der Waals surface area contributed by atoms with Crippen LogP contribution in [-0.2, 0) is 0 Å². The minimum atomic E-state index is -4.40. The third-order valence-corrected chi connectivity index (χ3v) is 0.719. The summed E-state index contributed by atoms with van der Waals surface area (Å²) in [7, 11) is 0. The van der Waals surface area contributed by atoms with Crippen LogP contribution >= 0.6 is 0 Å². The minimum absolute atomic E-state index is 2.02. The number of nitrogens with zero attached hydrogens (tertiary/aromatic N) is 2. The number of alkyl halides is 1. The highest BCUT2D eigenvalue weighted by Gasteiger charge is 2.47. The number of aliphatic hydroxyl groups is 1. The maximum absolute atomic E-state index is 11.9. The van der Waals surface area contributed by atoms with Crippen LogP contribution in [0, 0.1) is 0 Å². The normalized spacial score (nSPS) is 13.2. The van der Waals surface area contributed by atoms with Gasteiger partial charge < -0.3 is 5.11 Å². The Morgan fingerprint density at radius 1 is 1.10 bits per heavy atom. The van der Waals surface area contributed by atoms with Crippen molar-refractivity contribution in [2.45, 2.75) is 5.92 Å². The monoisotopic (exact) mass is 166 g/mol. The van der Waals surface area contributed by atoms with Gasteiger partial charge >= 0.3 is 5.92 Å². The van der Waals surface area contributed by atoms with Crippen molar-refractivity contribution >= 4 is 0 Å². The van der Waals surface area contributed by atoms with Crippen molar-refractivity contribution in [3.63, 3.8) is 0 Å². The van der Waals surface area contributed by atoms with Crippen molar-refractivity contribution in [2.24, 2.45) is 0 Å². The summed E-state index contributed by atoms with van der Waals surface area (Å²) < 4.78 is 56.3. The van der Waals surface area contributed by atoms with Crippen LogP contribution in [-0.4, -0.2) is 28.3 Å². The number of rotatable bonds is 3. The molecule has 0 aliphatic rings. The fraction of sp³-hybridized carbons (Fsp3) is 1.00. The molecule has 8 heteroatoms. The van der Waals surface area contributed by atoms with E-state index in [-0.39, 0.29) is 0 Å². The molecule has 0 spiro atoms. The second-order valence-electron chi connectivity index (χ2n) is 1.34. The van der Waals surface area contributed by atoms with Crippen LogP contribution in [0.15, 0.2) is 0 Å². The molecule has 0 saturated heterocycles. The fourth-order valence-corrected chi connectivity index (χ4v) is 0.164. The van der Waals surface area contributed by atoms with Gasteiger partial charge in [0.2, 0.25) is 0 Å². The van der Waals surface area contributed by atoms with Crippen LogP contribution in [0.1, 0.15) is 0 Å². The largest absolute Gasteiger partial charge is 0.390 e. The molecule has 3 nitrogen and oxygen atoms in total. The summed E-state index contributed by atoms with van der Waals surface area (Å²) in [6.45, 7) is -2.02. The Morgan fingerprint density at radius 2 is 1.40 bits per heavy atom. The van der Waals surface area contributed by atoms with E-state index in [4.69, 9.17) is 5.11 Å². The Hall–Kier alpha value is -0.470. The zero-order valence-electron chi connectivity index (χ0n) is 4.44. The summed E-state index contributed by atoms with van der Waals surface area (Å²) in [4.78, 5) is 0. The van der Waals surface area contributed by atoms with E-state index in [0.717, 1.165) is 0 Å². The van der Waals surface area contributed by atoms with E-state index in [0.29, 0.717) is 0 Å². The maximum atomic E-state index is 11.9. The van der Waals surface area contributed by atoms with E-state index in [9.17, 15) is 22.3 Å². The highest BCUT2D eigenvalue weighted by molar-refractivity contribution is 4.58. The molecule has 0 aromatic rings. The zero-order valence-corrected chi connectivity index (χ0v) is 4.44. The summed E-state index contributed by atoms with van der Waals surface area (Å²) in [5.41, 5.74) is 0. The molecule has 0 fully saturated rings. The van der Waals surface area contributed by atoms with E-state index in [1.165, 1.54) is 0 Å². The van der Waals surface area contributed by atoms with E-state index in [1.54, 1.807) is 0 Å². The zero-order chi connectivity index (χ0) is 8.36. The van der Waals surface area contributed by atoms with Crippen LogP contribution < -0.4 is 0 Å². The number of halogens is 5. The first-order valence-corrected chi connectivity index (χ1v) is 1.98. The molecule has 1 N–H and O–H groups in total. The summed E-state index contributed by atoms with van der Waals surface area (Å²) in [6, 6.07) is 0. The SMILES string of the molecule is OCC(F)(N(F)F)N(F)F. The standard InChI is InChI=1S/C2H3F5N2O/c3-2(1-10,8(4)5)9(6)7/h10H,1H2. The highest BCUT2D eigenvalue weighted by atomic mass is 19.4. The molecule has 0 aliphatic carbocycles. The van der Waals surface area contributed by atoms with Gasteiger partial charge in [-0.2, -0.15) is 4.39 Å². The van der Waals surface area contributed by atoms with Crippen molar-refractivity contribution in [3.05, 3.63) is 0 Å². The van der Waals surface area contributed by atoms with E-state index in [2.05, 4.69) is 0 Å². The van der Waals surface area contributed by atoms with Gasteiger partial charge in [0.1, 0.15) is 6.61 Å². The van der Waals surface area contributed by atoms with E-state index >= 15 is 0 Å². The van der Waals surface area contributed by atoms with Crippen molar-refractivity contribution in [2.75, 3.05) is 6.61 Å². The average molecular weight is 166 g/mol. The molecule has 0 bridgehead atoms. The molecule has 0 heterocycles. The lowest BCUT2D eigenvalue weighted by atomic mass is 10.5. The summed E-state index contributed by atoms with van der Waals surface area (Å²) in [6.07, 6.45) is 0. The van der Waals surface area contributed by atoms with Gasteiger partial charge in [0.05, 0.1) is 10.7 Å². The summed E-state index contributed by atoms with van der Waals surface area (Å²) >= 11 is 0. The molecule has 0 aliphatic heterocycles. The molecular formula is C2H3F5N2O. The van der Waals surface area contributed by atoms with Crippen LogP contribution in [0.5, 0.6) is 0 Å². The Labute approximate surface area is 52.0 Å². The second-order valence-corrected chi connectivity index (χ2v) is 1.34. The molecule has 0 saturated carbocycles. The van der Waals surface area contributed by atoms with Gasteiger partial charge in [-0.25, -0.2) is 0 Å². The van der Waals surface area contributed by atoms with Gasteiger partial charge in [-0.15, -0.1) is 0 Å². The molecule has 0 rings (SSSR count). The lowest BCUT2D eigenvalue weighted by molar-refractivity contribution is -0.424. The number of aliphatic hydroxyl groups excluding tert-OH is 1. The first-order valence-electron chi connectivity index (χ1n) is 1.98. The third-order valence-electron chi connectivity index (χ3n) is 0.719. The lowest BCUT2D eigenvalue weighted by Crippen LogP contribution is -2.47. The van der Waals surface area contributed by atoms with Gasteiger partial charge in [-0.1, -0.05) is 17.9 Å². The maximum Gasteiger partial charge on any atom is 0.353 e. The van der Waals surface area contributed by atoms with Crippen molar-refractivity contribution < 1.29 is 27.4 Å². The van der Waals surface area contributed by atoms with Gasteiger partial charge in [0.15, 0.2) is 0 Å². The van der Waals surface area contributed by atoms with Crippen LogP contribution in [0.2, 0.25) is 0 Å². The second kappa shape index (κ2) is 3.08. The van der Waals surface area contributed by atoms with Crippen LogP contribution in [0.3, 0.4) is 0 Å². The van der Waals surface area contributed by atoms with Gasteiger partial charge in [-0.05, 0) is 0 Å². The lowest BCUT2D eigenvalue weighted by Gasteiger charge is -2.20. The Morgan fingerprint density at radius 3 is 1.40 bits per heavy atom. The quantitative estimate of drug-likeness (QED) is 0.290. The predicted octanol–water partition coefficient (Wildman–Crippen LogP) is 0.744. The fourth-order valence-electron chi connectivity index (χ4n) is 0.164. The summed E-state index contributed by atoms with van der Waals surface area (Å²) in [5.74, 6) is -4.40. The smallest absolute Gasteiger partial charge is 0.353 e. The Balaban J connectivity index is 4.23. The minimum Gasteiger partial charge on any atom is -0.390 e. The van der Waals surface area contributed by atoms with E-state index in [1.807, 2.05) is 0 Å². The number of hydrogen-bond donors (Lipinski definition) is 1. The first-order chi connectivity index (χ1) is 4.45. The van der Waals surface area contributed by atoms with Crippen LogP contribution in [0.25, 0.3) is 0 Å². The molecule has 0 aromatic heterocycles. The molecular weight excluding hydrogens is 163 g/mol. The molecule has 0 aromatic carbocycles. The highest BCUT2D eigenvalue weighted by Crippen LogP contribution is 2.23. The topological polar surface area (TPSA) is 26.7 Å². The van der Waals surface area contributed by atoms with Crippen molar-refractivity contribution in [1.82, 2.24) is 10.7 Å². The van der Waals surface area contributed by atoms with Gasteiger partial charge in [-0.3, -0.25) is 0 Å². The molecule has 62 valence electrons. The molecule has 0 atom stereocenters. The van der Waals surface area contributed by atoms with Crippen LogP contribution in [0.4, 0.5) is 22.3 Å². The molecule has 0 amide bonds. The number of hydrogen-bond acceptors (Lipinski definition) is 3. The molecule has 0 unspecified atom stereocenters.